The van der Waals surface area contributed by atoms with Gasteiger partial charge in [0.05, 0.1) is 24.1 Å². The molecule has 0 aliphatic carbocycles. The van der Waals surface area contributed by atoms with Gasteiger partial charge < -0.3 is 14.6 Å². The zero-order valence-electron chi connectivity index (χ0n) is 24.1. The highest BCUT2D eigenvalue weighted by atomic mass is 35.5. The average molecular weight is 560 g/mol. The molecule has 6 heteroatoms. The van der Waals surface area contributed by atoms with E-state index in [-0.39, 0.29) is 5.91 Å². The van der Waals surface area contributed by atoms with Gasteiger partial charge in [-0.1, -0.05) is 68.3 Å². The number of carbonyl (C=O) groups excluding carboxylic acids is 1. The topological polar surface area (TPSA) is 56.1 Å². The highest BCUT2D eigenvalue weighted by Gasteiger charge is 2.11. The second kappa shape index (κ2) is 14.9. The third-order valence-electron chi connectivity index (χ3n) is 7.24. The zero-order valence-corrected chi connectivity index (χ0v) is 24.8. The number of fused-ring (bicyclic) bond motifs is 1. The fourth-order valence-corrected chi connectivity index (χ4v) is 5.15. The summed E-state index contributed by atoms with van der Waals surface area (Å²) in [4.78, 5) is 17.2. The lowest BCUT2D eigenvalue weighted by Crippen LogP contribution is -2.26. The first-order chi connectivity index (χ1) is 19.4. The van der Waals surface area contributed by atoms with Gasteiger partial charge in [-0.15, -0.1) is 0 Å². The maximum absolute atomic E-state index is 12.2. The van der Waals surface area contributed by atoms with E-state index >= 15 is 0 Å². The van der Waals surface area contributed by atoms with Crippen LogP contribution in [0.2, 0.25) is 5.02 Å². The minimum atomic E-state index is 0.0518. The number of benzene rings is 3. The van der Waals surface area contributed by atoms with Crippen molar-refractivity contribution in [1.82, 2.24) is 14.9 Å². The first kappa shape index (κ1) is 29.7. The third-order valence-corrected chi connectivity index (χ3v) is 7.49. The van der Waals surface area contributed by atoms with Crippen molar-refractivity contribution in [3.05, 3.63) is 94.3 Å². The van der Waals surface area contributed by atoms with Crippen LogP contribution in [0.3, 0.4) is 0 Å². The molecule has 0 radical (unpaired) electrons. The number of carbonyl (C=O) groups is 1. The quantitative estimate of drug-likeness (QED) is 0.150. The highest BCUT2D eigenvalue weighted by molar-refractivity contribution is 6.30. The van der Waals surface area contributed by atoms with E-state index in [1.807, 2.05) is 24.3 Å². The van der Waals surface area contributed by atoms with Gasteiger partial charge in [0.25, 0.3) is 0 Å². The second-order valence-electron chi connectivity index (χ2n) is 10.9. The number of halogens is 1. The predicted octanol–water partition coefficient (Wildman–Crippen LogP) is 8.05. The Balaban J connectivity index is 1.21. The summed E-state index contributed by atoms with van der Waals surface area (Å²) >= 11 is 5.92. The van der Waals surface area contributed by atoms with E-state index in [1.165, 1.54) is 16.6 Å². The molecule has 0 saturated carbocycles. The molecular weight excluding hydrogens is 518 g/mol. The number of hydrogen-bond acceptors (Lipinski definition) is 3. The van der Waals surface area contributed by atoms with E-state index in [4.69, 9.17) is 21.3 Å². The summed E-state index contributed by atoms with van der Waals surface area (Å²) in [5, 5.41) is 3.72. The lowest BCUT2D eigenvalue weighted by atomic mass is 10.0. The summed E-state index contributed by atoms with van der Waals surface area (Å²) in [5.41, 5.74) is 5.74. The van der Waals surface area contributed by atoms with Crippen LogP contribution in [0.1, 0.15) is 74.4 Å². The van der Waals surface area contributed by atoms with Crippen LogP contribution in [0.15, 0.2) is 66.7 Å². The first-order valence-electron chi connectivity index (χ1n) is 14.6. The summed E-state index contributed by atoms with van der Waals surface area (Å²) in [5.74, 6) is 2.66. The molecule has 40 heavy (non-hydrogen) atoms. The Morgan fingerprint density at radius 1 is 0.975 bits per heavy atom. The van der Waals surface area contributed by atoms with Gasteiger partial charge in [0.2, 0.25) is 5.91 Å². The summed E-state index contributed by atoms with van der Waals surface area (Å²) in [6.07, 6.45) is 6.41. The van der Waals surface area contributed by atoms with Crippen LogP contribution >= 0.6 is 11.6 Å². The summed E-state index contributed by atoms with van der Waals surface area (Å²) in [7, 11) is 0. The molecule has 0 fully saturated rings. The number of rotatable bonds is 15. The molecule has 1 aromatic heterocycles. The Labute approximate surface area is 243 Å². The highest BCUT2D eigenvalue weighted by Crippen LogP contribution is 2.28. The maximum Gasteiger partial charge on any atom is 0.224 e. The summed E-state index contributed by atoms with van der Waals surface area (Å²) in [6, 6.07) is 22.3. The number of imidazole rings is 1. The molecule has 1 heterocycles. The SMILES string of the molecule is Cc1ccc(C(C)C)c(OCCCCn2c(CCCCCNC(=O)Cc3ccc(Cl)cc3)nc3ccccc32)c1. The molecule has 1 N–H and O–H groups in total. The Morgan fingerprint density at radius 2 is 1.77 bits per heavy atom. The number of hydrogen-bond donors (Lipinski definition) is 1. The summed E-state index contributed by atoms with van der Waals surface area (Å²) in [6.45, 7) is 8.88. The van der Waals surface area contributed by atoms with E-state index in [0.717, 1.165) is 74.3 Å². The van der Waals surface area contributed by atoms with Gasteiger partial charge in [-0.25, -0.2) is 4.98 Å². The second-order valence-corrected chi connectivity index (χ2v) is 11.3. The van der Waals surface area contributed by atoms with Crippen LogP contribution < -0.4 is 10.1 Å². The van der Waals surface area contributed by atoms with Crippen molar-refractivity contribution in [1.29, 1.82) is 0 Å². The molecule has 0 atom stereocenters. The average Bonchev–Trinajstić information content (AvgIpc) is 3.29. The van der Waals surface area contributed by atoms with Gasteiger partial charge >= 0.3 is 0 Å². The summed E-state index contributed by atoms with van der Waals surface area (Å²) < 4.78 is 8.60. The number of ether oxygens (including phenoxy) is 1. The zero-order chi connectivity index (χ0) is 28.3. The molecule has 0 bridgehead atoms. The van der Waals surface area contributed by atoms with Crippen LogP contribution in [-0.2, 0) is 24.2 Å². The largest absolute Gasteiger partial charge is 0.493 e. The van der Waals surface area contributed by atoms with E-state index in [0.29, 0.717) is 23.9 Å². The van der Waals surface area contributed by atoms with Gasteiger partial charge in [0.1, 0.15) is 11.6 Å². The molecule has 4 rings (SSSR count). The molecule has 0 aliphatic heterocycles. The lowest BCUT2D eigenvalue weighted by Gasteiger charge is -2.15. The standard InChI is InChI=1S/C34H42ClN3O2/c1-25(2)29-19-14-26(3)23-32(29)40-22-10-9-21-38-31-12-7-6-11-30(31)37-33(38)13-5-4-8-20-36-34(39)24-27-15-17-28(35)18-16-27/h6-7,11-12,14-19,23,25H,4-5,8-10,13,20-22,24H2,1-3H3,(H,36,39). The number of amides is 1. The Kier molecular flexibility index (Phi) is 11.1. The number of nitrogens with one attached hydrogen (secondary N) is 1. The van der Waals surface area contributed by atoms with E-state index < -0.39 is 0 Å². The van der Waals surface area contributed by atoms with E-state index in [2.05, 4.69) is 73.1 Å². The number of nitrogens with zero attached hydrogens (tertiary/aromatic N) is 2. The van der Waals surface area contributed by atoms with Crippen LogP contribution in [0.5, 0.6) is 5.75 Å². The molecule has 0 saturated heterocycles. The Bertz CT molecular complexity index is 1380. The Hall–Kier alpha value is -3.31. The molecule has 3 aromatic carbocycles. The van der Waals surface area contributed by atoms with Crippen LogP contribution in [0.4, 0.5) is 0 Å². The monoisotopic (exact) mass is 559 g/mol. The smallest absolute Gasteiger partial charge is 0.224 e. The van der Waals surface area contributed by atoms with Gasteiger partial charge in [-0.2, -0.15) is 0 Å². The molecule has 0 spiro atoms. The minimum absolute atomic E-state index is 0.0518. The van der Waals surface area contributed by atoms with E-state index in [9.17, 15) is 4.79 Å². The predicted molar refractivity (Wildman–Crippen MR) is 165 cm³/mol. The third kappa shape index (κ3) is 8.59. The molecule has 212 valence electrons. The van der Waals surface area contributed by atoms with Crippen molar-refractivity contribution in [3.8, 4) is 5.75 Å². The van der Waals surface area contributed by atoms with Gasteiger partial charge in [0.15, 0.2) is 0 Å². The molecule has 4 aromatic rings. The van der Waals surface area contributed by atoms with Gasteiger partial charge in [-0.3, -0.25) is 4.79 Å². The van der Waals surface area contributed by atoms with Crippen molar-refractivity contribution < 1.29 is 9.53 Å². The number of aromatic nitrogens is 2. The lowest BCUT2D eigenvalue weighted by molar-refractivity contribution is -0.120. The van der Waals surface area contributed by atoms with Crippen LogP contribution in [-0.4, -0.2) is 28.6 Å². The Morgan fingerprint density at radius 3 is 2.58 bits per heavy atom. The number of aryl methyl sites for hydroxylation is 3. The minimum Gasteiger partial charge on any atom is -0.493 e. The first-order valence-corrected chi connectivity index (χ1v) is 15.0. The number of unbranched alkanes of at least 4 members (excludes halogenated alkanes) is 3. The van der Waals surface area contributed by atoms with Crippen molar-refractivity contribution in [2.45, 2.75) is 78.2 Å². The number of para-hydroxylation sites is 2. The van der Waals surface area contributed by atoms with Crippen LogP contribution in [0, 0.1) is 6.92 Å². The molecule has 0 unspecified atom stereocenters. The maximum atomic E-state index is 12.2. The van der Waals surface area contributed by atoms with E-state index in [1.54, 1.807) is 0 Å². The molecule has 0 aliphatic rings. The van der Waals surface area contributed by atoms with Crippen molar-refractivity contribution in [2.24, 2.45) is 0 Å². The van der Waals surface area contributed by atoms with Crippen LogP contribution in [0.25, 0.3) is 11.0 Å². The van der Waals surface area contributed by atoms with Gasteiger partial charge in [0, 0.05) is 24.5 Å². The molecular formula is C34H42ClN3O2. The normalized spacial score (nSPS) is 11.3. The molecule has 5 nitrogen and oxygen atoms in total. The van der Waals surface area contributed by atoms with Crippen molar-refractivity contribution >= 4 is 28.5 Å². The van der Waals surface area contributed by atoms with Crippen molar-refractivity contribution in [2.75, 3.05) is 13.2 Å². The van der Waals surface area contributed by atoms with Gasteiger partial charge in [-0.05, 0) is 85.5 Å². The fraction of sp³-hybridized carbons (Fsp3) is 0.412. The van der Waals surface area contributed by atoms with Crippen molar-refractivity contribution in [3.63, 3.8) is 0 Å². The fourth-order valence-electron chi connectivity index (χ4n) is 5.03. The molecule has 1 amide bonds.